The fraction of sp³-hybridized carbons (Fsp3) is 0.500. The molecule has 1 unspecified atom stereocenters. The average molecular weight is 374 g/mol. The van der Waals surface area contributed by atoms with E-state index in [2.05, 4.69) is 11.1 Å². The van der Waals surface area contributed by atoms with Gasteiger partial charge in [-0.3, -0.25) is 4.79 Å². The summed E-state index contributed by atoms with van der Waals surface area (Å²) >= 11 is 0. The van der Waals surface area contributed by atoms with Crippen molar-refractivity contribution in [1.82, 2.24) is 4.98 Å². The Morgan fingerprint density at radius 1 is 1.56 bits per heavy atom. The minimum Gasteiger partial charge on any atom is -0.490 e. The van der Waals surface area contributed by atoms with Crippen molar-refractivity contribution >= 4 is 16.9 Å². The van der Waals surface area contributed by atoms with Crippen molar-refractivity contribution in [3.63, 3.8) is 0 Å². The summed E-state index contributed by atoms with van der Waals surface area (Å²) in [6.45, 7) is 3.53. The number of rotatable bonds is 7. The van der Waals surface area contributed by atoms with Crippen LogP contribution < -0.4 is 4.74 Å². The maximum absolute atomic E-state index is 12.5. The lowest BCUT2D eigenvalue weighted by atomic mass is 9.84. The van der Waals surface area contributed by atoms with Crippen LogP contribution >= 0.6 is 0 Å². The molecular formula is C20H23FN2O4. The van der Waals surface area contributed by atoms with E-state index in [1.165, 1.54) is 0 Å². The van der Waals surface area contributed by atoms with Crippen molar-refractivity contribution in [2.45, 2.75) is 45.1 Å². The summed E-state index contributed by atoms with van der Waals surface area (Å²) < 4.78 is 24.0. The van der Waals surface area contributed by atoms with Crippen LogP contribution in [-0.4, -0.2) is 35.9 Å². The summed E-state index contributed by atoms with van der Waals surface area (Å²) in [7, 11) is 0. The minimum absolute atomic E-state index is 0.0838. The van der Waals surface area contributed by atoms with E-state index >= 15 is 0 Å². The molecule has 2 N–H and O–H groups in total. The van der Waals surface area contributed by atoms with Gasteiger partial charge in [0.05, 0.1) is 35.9 Å². The molecule has 1 aliphatic heterocycles. The predicted octanol–water partition coefficient (Wildman–Crippen LogP) is 3.74. The van der Waals surface area contributed by atoms with Crippen LogP contribution in [0.25, 0.3) is 10.9 Å². The molecule has 0 saturated heterocycles. The van der Waals surface area contributed by atoms with Crippen LogP contribution in [0.3, 0.4) is 0 Å². The summed E-state index contributed by atoms with van der Waals surface area (Å²) in [4.78, 5) is 14.9. The molecule has 1 aromatic carbocycles. The lowest BCUT2D eigenvalue weighted by Crippen LogP contribution is -2.37. The molecule has 0 bridgehead atoms. The Kier molecular flexibility index (Phi) is 5.38. The van der Waals surface area contributed by atoms with Crippen LogP contribution in [0.1, 0.15) is 48.6 Å². The highest BCUT2D eigenvalue weighted by Crippen LogP contribution is 2.44. The van der Waals surface area contributed by atoms with Crippen molar-refractivity contribution in [2.24, 2.45) is 0 Å². The number of carbonyl (C=O) groups is 1. The van der Waals surface area contributed by atoms with Gasteiger partial charge in [0.25, 0.3) is 0 Å². The molecular weight excluding hydrogens is 351 g/mol. The number of nitrogens with one attached hydrogen (secondary N) is 1. The molecule has 6 nitrogen and oxygen atoms in total. The first-order valence-corrected chi connectivity index (χ1v) is 9.10. The Bertz CT molecular complexity index is 915. The number of carboxylic acid groups (broad SMARTS) is 1. The molecule has 3 rings (SSSR count). The summed E-state index contributed by atoms with van der Waals surface area (Å²) in [5.41, 5.74) is 2.66. The van der Waals surface area contributed by atoms with E-state index in [4.69, 9.17) is 9.47 Å². The van der Waals surface area contributed by atoms with Crippen LogP contribution in [0.2, 0.25) is 0 Å². The van der Waals surface area contributed by atoms with Crippen LogP contribution in [0.4, 0.5) is 4.39 Å². The van der Waals surface area contributed by atoms with E-state index in [9.17, 15) is 19.6 Å². The van der Waals surface area contributed by atoms with E-state index < -0.39 is 18.2 Å². The number of aromatic amines is 1. The quantitative estimate of drug-likeness (QED) is 0.770. The SMILES string of the molecule is CCCC1(CC(=O)O)OCCc2c1[nH]c1c(C)c(OCCF)cc(C#N)c21. The number of carboxylic acids is 1. The van der Waals surface area contributed by atoms with Gasteiger partial charge in [0.15, 0.2) is 0 Å². The molecule has 2 aromatic rings. The number of alkyl halides is 1. The Balaban J connectivity index is 2.26. The highest BCUT2D eigenvalue weighted by molar-refractivity contribution is 5.94. The van der Waals surface area contributed by atoms with E-state index in [1.54, 1.807) is 6.07 Å². The van der Waals surface area contributed by atoms with Crippen LogP contribution in [0.15, 0.2) is 6.07 Å². The first kappa shape index (κ1) is 19.2. The third kappa shape index (κ3) is 3.26. The molecule has 1 atom stereocenters. The maximum atomic E-state index is 12.5. The molecule has 2 heterocycles. The molecule has 7 heteroatoms. The van der Waals surface area contributed by atoms with Gasteiger partial charge in [0.2, 0.25) is 0 Å². The van der Waals surface area contributed by atoms with E-state index in [0.29, 0.717) is 30.8 Å². The first-order valence-electron chi connectivity index (χ1n) is 9.10. The van der Waals surface area contributed by atoms with Gasteiger partial charge >= 0.3 is 5.97 Å². The third-order valence-electron chi connectivity index (χ3n) is 5.12. The Labute approximate surface area is 156 Å². The molecule has 0 amide bonds. The second-order valence-corrected chi connectivity index (χ2v) is 6.84. The number of nitrogens with zero attached hydrogens (tertiary/aromatic N) is 1. The van der Waals surface area contributed by atoms with Crippen LogP contribution in [-0.2, 0) is 21.6 Å². The zero-order valence-corrected chi connectivity index (χ0v) is 15.5. The number of halogens is 1. The number of aliphatic carboxylic acids is 1. The van der Waals surface area contributed by atoms with Crippen molar-refractivity contribution in [1.29, 1.82) is 5.26 Å². The third-order valence-corrected chi connectivity index (χ3v) is 5.12. The van der Waals surface area contributed by atoms with Crippen LogP contribution in [0.5, 0.6) is 5.75 Å². The Morgan fingerprint density at radius 2 is 2.33 bits per heavy atom. The van der Waals surface area contributed by atoms with E-state index in [-0.39, 0.29) is 13.0 Å². The number of aryl methyl sites for hydroxylation is 1. The van der Waals surface area contributed by atoms with Gasteiger partial charge in [-0.15, -0.1) is 0 Å². The standard InChI is InChI=1S/C20H23FN2O4/c1-3-5-20(10-16(24)25)19-14(4-7-27-20)17-13(11-22)9-15(26-8-6-21)12(2)18(17)23-19/h9,23H,3-8,10H2,1-2H3,(H,24,25). The Hall–Kier alpha value is -2.59. The fourth-order valence-electron chi connectivity index (χ4n) is 4.07. The van der Waals surface area contributed by atoms with Crippen molar-refractivity contribution in [3.8, 4) is 11.8 Å². The first-order chi connectivity index (χ1) is 13.0. The smallest absolute Gasteiger partial charge is 0.306 e. The Morgan fingerprint density at radius 3 is 2.96 bits per heavy atom. The van der Waals surface area contributed by atoms with Gasteiger partial charge in [0.1, 0.15) is 24.6 Å². The number of hydrogen-bond acceptors (Lipinski definition) is 4. The average Bonchev–Trinajstić information content (AvgIpc) is 3.03. The number of aromatic nitrogens is 1. The monoisotopic (exact) mass is 374 g/mol. The second-order valence-electron chi connectivity index (χ2n) is 6.84. The molecule has 0 spiro atoms. The maximum Gasteiger partial charge on any atom is 0.306 e. The zero-order chi connectivity index (χ0) is 19.6. The van der Waals surface area contributed by atoms with Crippen molar-refractivity contribution in [2.75, 3.05) is 19.9 Å². The number of benzene rings is 1. The largest absolute Gasteiger partial charge is 0.490 e. The molecule has 1 aromatic heterocycles. The highest BCUT2D eigenvalue weighted by Gasteiger charge is 2.42. The van der Waals surface area contributed by atoms with Gasteiger partial charge in [-0.1, -0.05) is 13.3 Å². The fourth-order valence-corrected chi connectivity index (χ4v) is 4.07. The molecule has 0 fully saturated rings. The van der Waals surface area contributed by atoms with E-state index in [1.807, 2.05) is 13.8 Å². The van der Waals surface area contributed by atoms with Crippen molar-refractivity contribution < 1.29 is 23.8 Å². The number of hydrogen-bond donors (Lipinski definition) is 2. The van der Waals surface area contributed by atoms with Gasteiger partial charge in [0, 0.05) is 10.9 Å². The number of H-pyrrole nitrogens is 1. The normalized spacial score (nSPS) is 18.9. The predicted molar refractivity (Wildman–Crippen MR) is 97.7 cm³/mol. The molecule has 0 saturated carbocycles. The topological polar surface area (TPSA) is 95.3 Å². The lowest BCUT2D eigenvalue weighted by Gasteiger charge is -2.36. The molecule has 0 aliphatic carbocycles. The zero-order valence-electron chi connectivity index (χ0n) is 15.5. The molecule has 144 valence electrons. The summed E-state index contributed by atoms with van der Waals surface area (Å²) in [5.74, 6) is -0.477. The van der Waals surface area contributed by atoms with Gasteiger partial charge < -0.3 is 19.6 Å². The summed E-state index contributed by atoms with van der Waals surface area (Å²) in [6.07, 6.45) is 1.77. The summed E-state index contributed by atoms with van der Waals surface area (Å²) in [5, 5.41) is 19.9. The number of fused-ring (bicyclic) bond motifs is 3. The van der Waals surface area contributed by atoms with Gasteiger partial charge in [-0.2, -0.15) is 5.26 Å². The van der Waals surface area contributed by atoms with Crippen LogP contribution in [0, 0.1) is 18.3 Å². The second kappa shape index (κ2) is 7.57. The number of nitriles is 1. The minimum atomic E-state index is -0.938. The lowest BCUT2D eigenvalue weighted by molar-refractivity contribution is -0.149. The highest BCUT2D eigenvalue weighted by atomic mass is 19.1. The summed E-state index contributed by atoms with van der Waals surface area (Å²) in [6, 6.07) is 3.83. The molecule has 0 radical (unpaired) electrons. The molecule has 27 heavy (non-hydrogen) atoms. The van der Waals surface area contributed by atoms with Gasteiger partial charge in [-0.05, 0) is 31.4 Å². The van der Waals surface area contributed by atoms with Gasteiger partial charge in [-0.25, -0.2) is 4.39 Å². The van der Waals surface area contributed by atoms with Crippen molar-refractivity contribution in [3.05, 3.63) is 28.5 Å². The van der Waals surface area contributed by atoms with E-state index in [0.717, 1.165) is 34.1 Å². The number of ether oxygens (including phenoxy) is 2. The molecule has 1 aliphatic rings.